The average Bonchev–Trinajstić information content (AvgIpc) is 2.35. The van der Waals surface area contributed by atoms with Crippen molar-refractivity contribution in [3.63, 3.8) is 0 Å². The molecule has 2 N–H and O–H groups in total. The number of nitrogens with zero attached hydrogens (tertiary/aromatic N) is 1. The van der Waals surface area contributed by atoms with E-state index in [2.05, 4.69) is 11.8 Å². The Morgan fingerprint density at radius 3 is 2.45 bits per heavy atom. The van der Waals surface area contributed by atoms with Crippen LogP contribution in [0, 0.1) is 11.8 Å². The van der Waals surface area contributed by atoms with Crippen molar-refractivity contribution < 1.29 is 17.9 Å². The number of hydrogen-bond acceptors (Lipinski definition) is 3. The first-order valence-electron chi connectivity index (χ1n) is 6.08. The van der Waals surface area contributed by atoms with E-state index in [1.165, 1.54) is 11.9 Å². The van der Waals surface area contributed by atoms with Gasteiger partial charge in [-0.3, -0.25) is 4.90 Å². The van der Waals surface area contributed by atoms with Crippen molar-refractivity contribution in [1.82, 2.24) is 4.90 Å². The summed E-state index contributed by atoms with van der Waals surface area (Å²) in [7, 11) is 1.41. The highest BCUT2D eigenvalue weighted by Crippen LogP contribution is 2.15. The van der Waals surface area contributed by atoms with Crippen molar-refractivity contribution in [2.45, 2.75) is 6.18 Å². The molecule has 0 heterocycles. The van der Waals surface area contributed by atoms with Crippen LogP contribution in [0.3, 0.4) is 0 Å². The Balaban J connectivity index is 2.35. The Hall–Kier alpha value is -1.71. The fourth-order valence-corrected chi connectivity index (χ4v) is 1.49. The number of hydrogen-bond donors (Lipinski definition) is 1. The summed E-state index contributed by atoms with van der Waals surface area (Å²) in [4.78, 5) is 1.17. The molecule has 6 heteroatoms. The molecule has 0 aliphatic carbocycles. The first kappa shape index (κ1) is 16.3. The van der Waals surface area contributed by atoms with E-state index in [0.29, 0.717) is 12.3 Å². The second-order valence-electron chi connectivity index (χ2n) is 4.23. The summed E-state index contributed by atoms with van der Waals surface area (Å²) in [6, 6.07) is 7.00. The molecule has 1 rings (SSSR count). The normalized spacial score (nSPS) is 11.1. The van der Waals surface area contributed by atoms with Crippen LogP contribution in [0.5, 0.6) is 5.75 Å². The number of likely N-dealkylation sites (N-methyl/N-ethyl adjacent to an activating group) is 1. The quantitative estimate of drug-likeness (QED) is 0.840. The van der Waals surface area contributed by atoms with E-state index in [1.54, 1.807) is 24.3 Å². The summed E-state index contributed by atoms with van der Waals surface area (Å²) in [6.45, 7) is -0.248. The lowest BCUT2D eigenvalue weighted by Crippen LogP contribution is -2.33. The number of halogens is 3. The van der Waals surface area contributed by atoms with Crippen LogP contribution in [0.15, 0.2) is 24.3 Å². The molecule has 110 valence electrons. The van der Waals surface area contributed by atoms with Gasteiger partial charge in [0, 0.05) is 12.1 Å². The molecule has 0 aliphatic rings. The molecular weight excluding hydrogens is 269 g/mol. The van der Waals surface area contributed by atoms with Crippen molar-refractivity contribution in [1.29, 1.82) is 0 Å². The van der Waals surface area contributed by atoms with E-state index in [4.69, 9.17) is 10.5 Å². The minimum Gasteiger partial charge on any atom is -0.492 e. The topological polar surface area (TPSA) is 38.5 Å². The van der Waals surface area contributed by atoms with Crippen LogP contribution in [0.1, 0.15) is 5.56 Å². The molecule has 1 aromatic rings. The molecule has 0 radical (unpaired) electrons. The lowest BCUT2D eigenvalue weighted by molar-refractivity contribution is -0.143. The molecule has 0 unspecified atom stereocenters. The highest BCUT2D eigenvalue weighted by molar-refractivity contribution is 5.38. The smallest absolute Gasteiger partial charge is 0.401 e. The zero-order chi connectivity index (χ0) is 15.0. The second-order valence-corrected chi connectivity index (χ2v) is 4.23. The van der Waals surface area contributed by atoms with Crippen LogP contribution in [0.4, 0.5) is 13.2 Å². The molecule has 0 bridgehead atoms. The summed E-state index contributed by atoms with van der Waals surface area (Å²) in [5, 5.41) is 0. The van der Waals surface area contributed by atoms with Gasteiger partial charge in [0.25, 0.3) is 0 Å². The third-order valence-electron chi connectivity index (χ3n) is 2.38. The van der Waals surface area contributed by atoms with Crippen LogP contribution in [-0.2, 0) is 0 Å². The van der Waals surface area contributed by atoms with Gasteiger partial charge in [0.2, 0.25) is 0 Å². The lowest BCUT2D eigenvalue weighted by Gasteiger charge is -2.18. The van der Waals surface area contributed by atoms with E-state index < -0.39 is 12.7 Å². The number of benzene rings is 1. The van der Waals surface area contributed by atoms with Crippen molar-refractivity contribution >= 4 is 0 Å². The predicted molar refractivity (Wildman–Crippen MR) is 71.4 cm³/mol. The fraction of sp³-hybridized carbons (Fsp3) is 0.429. The molecule has 1 aromatic carbocycles. The molecule has 0 saturated heterocycles. The Morgan fingerprint density at radius 2 is 1.90 bits per heavy atom. The number of rotatable bonds is 5. The SMILES string of the molecule is CN(CCOc1ccc(C#CCN)cc1)CC(F)(F)F. The summed E-state index contributed by atoms with van der Waals surface area (Å²) < 4.78 is 41.7. The molecule has 3 nitrogen and oxygen atoms in total. The van der Waals surface area contributed by atoms with Crippen LogP contribution < -0.4 is 10.5 Å². The zero-order valence-corrected chi connectivity index (χ0v) is 11.2. The van der Waals surface area contributed by atoms with Gasteiger partial charge >= 0.3 is 6.18 Å². The van der Waals surface area contributed by atoms with E-state index in [9.17, 15) is 13.2 Å². The Labute approximate surface area is 116 Å². The molecule has 0 fully saturated rings. The van der Waals surface area contributed by atoms with E-state index >= 15 is 0 Å². The third kappa shape index (κ3) is 7.02. The van der Waals surface area contributed by atoms with Crippen LogP contribution >= 0.6 is 0 Å². The highest BCUT2D eigenvalue weighted by atomic mass is 19.4. The maximum atomic E-state index is 12.1. The Kier molecular flexibility index (Phi) is 6.36. The third-order valence-corrected chi connectivity index (χ3v) is 2.38. The van der Waals surface area contributed by atoms with Gasteiger partial charge in [-0.2, -0.15) is 13.2 Å². The van der Waals surface area contributed by atoms with Gasteiger partial charge in [-0.15, -0.1) is 0 Å². The zero-order valence-electron chi connectivity index (χ0n) is 11.2. The summed E-state index contributed by atoms with van der Waals surface area (Å²) in [6.07, 6.45) is -4.18. The van der Waals surface area contributed by atoms with Crippen molar-refractivity contribution in [3.05, 3.63) is 29.8 Å². The average molecular weight is 286 g/mol. The molecule has 20 heavy (non-hydrogen) atoms. The van der Waals surface area contributed by atoms with E-state index in [-0.39, 0.29) is 13.2 Å². The first-order chi connectivity index (χ1) is 9.40. The van der Waals surface area contributed by atoms with E-state index in [1.807, 2.05) is 0 Å². The molecule has 0 amide bonds. The van der Waals surface area contributed by atoms with Gasteiger partial charge in [-0.05, 0) is 31.3 Å². The Bertz CT molecular complexity index is 460. The molecular formula is C14H17F3N2O. The molecule has 0 atom stereocenters. The monoisotopic (exact) mass is 286 g/mol. The van der Waals surface area contributed by atoms with Crippen molar-refractivity contribution in [3.8, 4) is 17.6 Å². The van der Waals surface area contributed by atoms with Gasteiger partial charge in [0.1, 0.15) is 12.4 Å². The molecule has 0 spiro atoms. The van der Waals surface area contributed by atoms with Gasteiger partial charge < -0.3 is 10.5 Å². The lowest BCUT2D eigenvalue weighted by atomic mass is 10.2. The van der Waals surface area contributed by atoms with E-state index in [0.717, 1.165) is 5.56 Å². The standard InChI is InChI=1S/C14H17F3N2O/c1-19(11-14(15,16)17)9-10-20-13-6-4-12(5-7-13)3-2-8-18/h4-7H,8-11,18H2,1H3. The molecule has 0 aromatic heterocycles. The number of nitrogens with two attached hydrogens (primary N) is 1. The summed E-state index contributed by atoms with van der Waals surface area (Å²) in [5.74, 6) is 6.20. The fourth-order valence-electron chi connectivity index (χ4n) is 1.49. The summed E-state index contributed by atoms with van der Waals surface area (Å²) >= 11 is 0. The highest BCUT2D eigenvalue weighted by Gasteiger charge is 2.28. The van der Waals surface area contributed by atoms with Crippen molar-refractivity contribution in [2.24, 2.45) is 5.73 Å². The number of ether oxygens (including phenoxy) is 1. The Morgan fingerprint density at radius 1 is 1.25 bits per heavy atom. The minimum atomic E-state index is -4.18. The van der Waals surface area contributed by atoms with Gasteiger partial charge in [0.15, 0.2) is 0 Å². The molecule has 0 saturated carbocycles. The minimum absolute atomic E-state index is 0.195. The second kappa shape index (κ2) is 7.78. The first-order valence-corrected chi connectivity index (χ1v) is 6.08. The maximum Gasteiger partial charge on any atom is 0.401 e. The van der Waals surface area contributed by atoms with Crippen LogP contribution in [-0.4, -0.2) is 44.4 Å². The molecule has 0 aliphatic heterocycles. The number of alkyl halides is 3. The van der Waals surface area contributed by atoms with Crippen LogP contribution in [0.2, 0.25) is 0 Å². The summed E-state index contributed by atoms with van der Waals surface area (Å²) in [5.41, 5.74) is 6.08. The van der Waals surface area contributed by atoms with Gasteiger partial charge in [-0.25, -0.2) is 0 Å². The van der Waals surface area contributed by atoms with Gasteiger partial charge in [0.05, 0.1) is 13.1 Å². The van der Waals surface area contributed by atoms with Crippen LogP contribution in [0.25, 0.3) is 0 Å². The van der Waals surface area contributed by atoms with Gasteiger partial charge in [-0.1, -0.05) is 11.8 Å². The predicted octanol–water partition coefficient (Wildman–Crippen LogP) is 1.87. The largest absolute Gasteiger partial charge is 0.492 e. The maximum absolute atomic E-state index is 12.1. The van der Waals surface area contributed by atoms with Crippen molar-refractivity contribution in [2.75, 3.05) is 33.3 Å².